The Balaban J connectivity index is 2.72. The van der Waals surface area contributed by atoms with Crippen molar-refractivity contribution in [1.29, 1.82) is 0 Å². The van der Waals surface area contributed by atoms with Gasteiger partial charge in [0.25, 0.3) is 0 Å². The Morgan fingerprint density at radius 3 is 3.00 bits per heavy atom. The summed E-state index contributed by atoms with van der Waals surface area (Å²) in [6.45, 7) is 2.02. The lowest BCUT2D eigenvalue weighted by atomic mass is 10.1. The van der Waals surface area contributed by atoms with Gasteiger partial charge < -0.3 is 14.6 Å². The minimum atomic E-state index is -0.956. The van der Waals surface area contributed by atoms with Crippen molar-refractivity contribution >= 4 is 5.97 Å². The van der Waals surface area contributed by atoms with Crippen molar-refractivity contribution in [1.82, 2.24) is 4.98 Å². The van der Waals surface area contributed by atoms with Crippen LogP contribution >= 0.6 is 0 Å². The van der Waals surface area contributed by atoms with Crippen LogP contribution in [0.2, 0.25) is 0 Å². The second-order valence-corrected chi connectivity index (χ2v) is 3.13. The molecule has 0 spiro atoms. The number of ether oxygens (including phenoxy) is 2. The largest absolute Gasteiger partial charge is 0.481 e. The predicted molar refractivity (Wildman–Crippen MR) is 57.0 cm³/mol. The van der Waals surface area contributed by atoms with Crippen molar-refractivity contribution < 1.29 is 19.4 Å². The lowest BCUT2D eigenvalue weighted by Crippen LogP contribution is -2.11. The molecule has 88 valence electrons. The molecular weight excluding hydrogens is 210 g/mol. The molecule has 1 heterocycles. The van der Waals surface area contributed by atoms with E-state index in [1.54, 1.807) is 25.3 Å². The second-order valence-electron chi connectivity index (χ2n) is 3.13. The molecule has 0 saturated heterocycles. The number of nitrogens with zero attached hydrogens (tertiary/aromatic N) is 1. The number of carbonyl (C=O) groups is 1. The van der Waals surface area contributed by atoms with Gasteiger partial charge in [-0.3, -0.25) is 4.79 Å². The second kappa shape index (κ2) is 6.07. The highest BCUT2D eigenvalue weighted by molar-refractivity contribution is 5.70. The molecule has 1 atom stereocenters. The fourth-order valence-corrected chi connectivity index (χ4v) is 1.32. The van der Waals surface area contributed by atoms with E-state index < -0.39 is 12.1 Å². The number of aromatic nitrogens is 1. The zero-order chi connectivity index (χ0) is 12.0. The smallest absolute Gasteiger partial charge is 0.308 e. The highest BCUT2D eigenvalue weighted by Crippen LogP contribution is 2.24. The maximum absolute atomic E-state index is 11.2. The molecule has 5 nitrogen and oxygen atoms in total. The fourth-order valence-electron chi connectivity index (χ4n) is 1.32. The van der Waals surface area contributed by atoms with Crippen LogP contribution in [-0.4, -0.2) is 29.8 Å². The van der Waals surface area contributed by atoms with E-state index in [1.807, 2.05) is 0 Å². The summed E-state index contributed by atoms with van der Waals surface area (Å²) in [6, 6.07) is 3.34. The number of hydrogen-bond donors (Lipinski definition) is 1. The van der Waals surface area contributed by atoms with E-state index in [1.165, 1.54) is 7.11 Å². The Morgan fingerprint density at radius 2 is 2.38 bits per heavy atom. The summed E-state index contributed by atoms with van der Waals surface area (Å²) in [6.07, 6.45) is 0.498. The van der Waals surface area contributed by atoms with Crippen LogP contribution in [0.5, 0.6) is 5.88 Å². The maximum Gasteiger partial charge on any atom is 0.308 e. The van der Waals surface area contributed by atoms with Gasteiger partial charge in [-0.25, -0.2) is 4.98 Å². The number of aliphatic hydroxyl groups is 1. The number of esters is 1. The van der Waals surface area contributed by atoms with Crippen LogP contribution in [0.25, 0.3) is 0 Å². The quantitative estimate of drug-likeness (QED) is 0.759. The van der Waals surface area contributed by atoms with Crippen molar-refractivity contribution in [2.45, 2.75) is 19.4 Å². The van der Waals surface area contributed by atoms with E-state index in [0.717, 1.165) is 0 Å². The lowest BCUT2D eigenvalue weighted by Gasteiger charge is -2.12. The molecule has 1 unspecified atom stereocenters. The molecule has 0 saturated carbocycles. The summed E-state index contributed by atoms with van der Waals surface area (Å²) in [5, 5.41) is 9.81. The van der Waals surface area contributed by atoms with Gasteiger partial charge in [-0.2, -0.15) is 0 Å². The maximum atomic E-state index is 11.2. The fraction of sp³-hybridized carbons (Fsp3) is 0.455. The van der Waals surface area contributed by atoms with Crippen molar-refractivity contribution in [3.8, 4) is 5.88 Å². The molecule has 0 aliphatic carbocycles. The lowest BCUT2D eigenvalue weighted by molar-refractivity contribution is -0.145. The first-order chi connectivity index (χ1) is 7.69. The molecule has 0 amide bonds. The Kier molecular flexibility index (Phi) is 4.72. The van der Waals surface area contributed by atoms with Gasteiger partial charge in [-0.1, -0.05) is 0 Å². The van der Waals surface area contributed by atoms with Gasteiger partial charge in [0.2, 0.25) is 5.88 Å². The summed E-state index contributed by atoms with van der Waals surface area (Å²) in [4.78, 5) is 15.1. The molecule has 0 fully saturated rings. The first-order valence-electron chi connectivity index (χ1n) is 5.01. The Bertz CT molecular complexity index is 354. The van der Waals surface area contributed by atoms with Gasteiger partial charge in [0, 0.05) is 11.8 Å². The van der Waals surface area contributed by atoms with E-state index >= 15 is 0 Å². The number of methoxy groups -OCH3 is 1. The third kappa shape index (κ3) is 3.20. The molecule has 1 aromatic heterocycles. The van der Waals surface area contributed by atoms with E-state index in [0.29, 0.717) is 18.1 Å². The van der Waals surface area contributed by atoms with Crippen LogP contribution in [-0.2, 0) is 9.53 Å². The molecule has 0 bridgehead atoms. The van der Waals surface area contributed by atoms with Crippen molar-refractivity contribution in [2.24, 2.45) is 0 Å². The summed E-state index contributed by atoms with van der Waals surface area (Å²) in [5.41, 5.74) is 0.484. The highest BCUT2D eigenvalue weighted by Gasteiger charge is 2.18. The molecule has 5 heteroatoms. The zero-order valence-corrected chi connectivity index (χ0v) is 9.34. The molecule has 1 N–H and O–H groups in total. The monoisotopic (exact) mass is 225 g/mol. The third-order valence-corrected chi connectivity index (χ3v) is 2.02. The normalized spacial score (nSPS) is 11.9. The number of carbonyl (C=O) groups excluding carboxylic acids is 1. The zero-order valence-electron chi connectivity index (χ0n) is 9.34. The number of rotatable bonds is 5. The minimum absolute atomic E-state index is 0.101. The van der Waals surface area contributed by atoms with E-state index in [2.05, 4.69) is 4.98 Å². The van der Waals surface area contributed by atoms with Gasteiger partial charge in [-0.15, -0.1) is 0 Å². The van der Waals surface area contributed by atoms with Gasteiger partial charge in [0.05, 0.1) is 26.2 Å². The van der Waals surface area contributed by atoms with Crippen LogP contribution in [0.3, 0.4) is 0 Å². The Hall–Kier alpha value is -1.62. The van der Waals surface area contributed by atoms with Crippen LogP contribution in [0.1, 0.15) is 25.0 Å². The molecule has 16 heavy (non-hydrogen) atoms. The van der Waals surface area contributed by atoms with Gasteiger partial charge in [-0.05, 0) is 19.1 Å². The van der Waals surface area contributed by atoms with Gasteiger partial charge >= 0.3 is 5.97 Å². The standard InChI is InChI=1S/C11H15NO4/c1-3-16-10(14)7-9(13)8-5-4-6-12-11(8)15-2/h4-6,9,13H,3,7H2,1-2H3. The van der Waals surface area contributed by atoms with Gasteiger partial charge in [0.1, 0.15) is 0 Å². The molecular formula is C11H15NO4. The first kappa shape index (κ1) is 12.4. The van der Waals surface area contributed by atoms with Gasteiger partial charge in [0.15, 0.2) is 0 Å². The summed E-state index contributed by atoms with van der Waals surface area (Å²) < 4.78 is 9.73. The first-order valence-corrected chi connectivity index (χ1v) is 5.01. The average molecular weight is 225 g/mol. The van der Waals surface area contributed by atoms with E-state index in [9.17, 15) is 9.90 Å². The van der Waals surface area contributed by atoms with E-state index in [4.69, 9.17) is 9.47 Å². The SMILES string of the molecule is CCOC(=O)CC(O)c1cccnc1OC. The summed E-state index contributed by atoms with van der Waals surface area (Å²) >= 11 is 0. The highest BCUT2D eigenvalue weighted by atomic mass is 16.5. The Morgan fingerprint density at radius 1 is 1.62 bits per heavy atom. The third-order valence-electron chi connectivity index (χ3n) is 2.02. The number of hydrogen-bond acceptors (Lipinski definition) is 5. The molecule has 0 aliphatic rings. The number of aliphatic hydroxyl groups excluding tert-OH is 1. The van der Waals surface area contributed by atoms with Crippen molar-refractivity contribution in [3.05, 3.63) is 23.9 Å². The molecule has 0 radical (unpaired) electrons. The molecule has 0 aliphatic heterocycles. The summed E-state index contributed by atoms with van der Waals surface area (Å²) in [5.74, 6) is -0.125. The topological polar surface area (TPSA) is 68.7 Å². The number of pyridine rings is 1. The predicted octanol–water partition coefficient (Wildman–Crippen LogP) is 1.08. The van der Waals surface area contributed by atoms with Crippen LogP contribution in [0, 0.1) is 0 Å². The molecule has 1 rings (SSSR count). The molecule has 1 aromatic rings. The van der Waals surface area contributed by atoms with E-state index in [-0.39, 0.29) is 6.42 Å². The van der Waals surface area contributed by atoms with Crippen molar-refractivity contribution in [3.63, 3.8) is 0 Å². The van der Waals surface area contributed by atoms with Crippen LogP contribution in [0.15, 0.2) is 18.3 Å². The average Bonchev–Trinajstić information content (AvgIpc) is 2.29. The minimum Gasteiger partial charge on any atom is -0.481 e. The van der Waals surface area contributed by atoms with Crippen LogP contribution in [0.4, 0.5) is 0 Å². The summed E-state index contributed by atoms with van der Waals surface area (Å²) in [7, 11) is 1.46. The Labute approximate surface area is 94.0 Å². The van der Waals surface area contributed by atoms with Crippen molar-refractivity contribution in [2.75, 3.05) is 13.7 Å². The molecule has 0 aromatic carbocycles. The van der Waals surface area contributed by atoms with Crippen LogP contribution < -0.4 is 4.74 Å².